The number of aliphatic hydroxyl groups is 1. The molecule has 1 unspecified atom stereocenters. The molecule has 0 aromatic heterocycles. The fourth-order valence-corrected chi connectivity index (χ4v) is 1.63. The molecule has 1 aliphatic rings. The fourth-order valence-electron chi connectivity index (χ4n) is 1.63. The SMILES string of the molecule is OCCNC1CCC=CCCC1. The van der Waals surface area contributed by atoms with E-state index < -0.39 is 0 Å². The molecule has 2 N–H and O–H groups in total. The Hall–Kier alpha value is -0.340. The van der Waals surface area contributed by atoms with E-state index in [0.29, 0.717) is 6.04 Å². The van der Waals surface area contributed by atoms with E-state index in [1.807, 2.05) is 0 Å². The van der Waals surface area contributed by atoms with Crippen LogP contribution in [0.25, 0.3) is 0 Å². The molecule has 0 radical (unpaired) electrons. The van der Waals surface area contributed by atoms with Gasteiger partial charge in [-0.05, 0) is 32.1 Å². The average Bonchev–Trinajstić information content (AvgIpc) is 2.02. The van der Waals surface area contributed by atoms with Gasteiger partial charge in [-0.1, -0.05) is 12.2 Å². The van der Waals surface area contributed by atoms with Crippen LogP contribution in [0.15, 0.2) is 12.2 Å². The molecule has 0 aromatic carbocycles. The summed E-state index contributed by atoms with van der Waals surface area (Å²) in [5.41, 5.74) is 0. The van der Waals surface area contributed by atoms with Crippen molar-refractivity contribution in [2.75, 3.05) is 13.2 Å². The molecule has 0 bridgehead atoms. The van der Waals surface area contributed by atoms with Crippen LogP contribution < -0.4 is 5.32 Å². The molecule has 1 rings (SSSR count). The summed E-state index contributed by atoms with van der Waals surface area (Å²) in [4.78, 5) is 0. The molecule has 0 spiro atoms. The van der Waals surface area contributed by atoms with E-state index in [1.54, 1.807) is 0 Å². The number of rotatable bonds is 3. The first-order valence-corrected chi connectivity index (χ1v) is 4.92. The van der Waals surface area contributed by atoms with Crippen molar-refractivity contribution in [2.24, 2.45) is 0 Å². The van der Waals surface area contributed by atoms with Gasteiger partial charge in [0.15, 0.2) is 0 Å². The van der Waals surface area contributed by atoms with Gasteiger partial charge in [-0.3, -0.25) is 0 Å². The molecule has 0 aromatic rings. The highest BCUT2D eigenvalue weighted by atomic mass is 16.3. The van der Waals surface area contributed by atoms with Crippen LogP contribution in [0.2, 0.25) is 0 Å². The molecule has 1 aliphatic carbocycles. The summed E-state index contributed by atoms with van der Waals surface area (Å²) in [6.45, 7) is 1.00. The van der Waals surface area contributed by atoms with E-state index in [-0.39, 0.29) is 6.61 Å². The lowest BCUT2D eigenvalue weighted by Crippen LogP contribution is -2.31. The minimum atomic E-state index is 0.256. The maximum absolute atomic E-state index is 8.65. The Morgan fingerprint density at radius 1 is 1.25 bits per heavy atom. The summed E-state index contributed by atoms with van der Waals surface area (Å²) in [5, 5.41) is 12.0. The molecule has 0 heterocycles. The smallest absolute Gasteiger partial charge is 0.0556 e. The second-order valence-corrected chi connectivity index (χ2v) is 3.35. The van der Waals surface area contributed by atoms with Gasteiger partial charge in [0.1, 0.15) is 0 Å². The Labute approximate surface area is 74.7 Å². The molecule has 0 fully saturated rings. The van der Waals surface area contributed by atoms with Crippen molar-refractivity contribution in [1.82, 2.24) is 5.32 Å². The third-order valence-electron chi connectivity index (χ3n) is 2.32. The summed E-state index contributed by atoms with van der Waals surface area (Å²) < 4.78 is 0. The van der Waals surface area contributed by atoms with Crippen LogP contribution in [-0.4, -0.2) is 24.3 Å². The molecule has 0 saturated heterocycles. The molecular formula is C10H19NO. The average molecular weight is 169 g/mol. The number of nitrogens with one attached hydrogen (secondary N) is 1. The standard InChI is InChI=1S/C10H19NO/c12-9-8-11-10-6-4-2-1-3-5-7-10/h1-2,10-12H,3-9H2. The van der Waals surface area contributed by atoms with E-state index in [2.05, 4.69) is 17.5 Å². The minimum Gasteiger partial charge on any atom is -0.395 e. The Balaban J connectivity index is 2.18. The Kier molecular flexibility index (Phi) is 5.04. The van der Waals surface area contributed by atoms with Gasteiger partial charge in [0.25, 0.3) is 0 Å². The quantitative estimate of drug-likeness (QED) is 0.627. The van der Waals surface area contributed by atoms with Gasteiger partial charge >= 0.3 is 0 Å². The normalized spacial score (nSPS) is 24.9. The van der Waals surface area contributed by atoms with Gasteiger partial charge in [0.05, 0.1) is 6.61 Å². The van der Waals surface area contributed by atoms with Gasteiger partial charge in [-0.15, -0.1) is 0 Å². The molecule has 2 heteroatoms. The van der Waals surface area contributed by atoms with Crippen LogP contribution in [0.4, 0.5) is 0 Å². The Morgan fingerprint density at radius 3 is 2.92 bits per heavy atom. The molecule has 1 atom stereocenters. The van der Waals surface area contributed by atoms with Crippen molar-refractivity contribution in [2.45, 2.75) is 38.1 Å². The van der Waals surface area contributed by atoms with Crippen LogP contribution in [0, 0.1) is 0 Å². The lowest BCUT2D eigenvalue weighted by molar-refractivity contribution is 0.279. The lowest BCUT2D eigenvalue weighted by Gasteiger charge is -2.18. The number of hydrogen-bond acceptors (Lipinski definition) is 2. The number of allylic oxidation sites excluding steroid dienone is 2. The first kappa shape index (κ1) is 9.75. The van der Waals surface area contributed by atoms with Gasteiger partial charge in [-0.25, -0.2) is 0 Å². The van der Waals surface area contributed by atoms with E-state index >= 15 is 0 Å². The number of hydrogen-bond donors (Lipinski definition) is 2. The molecular weight excluding hydrogens is 150 g/mol. The predicted octanol–water partition coefficient (Wildman–Crippen LogP) is 1.46. The van der Waals surface area contributed by atoms with Crippen LogP contribution in [0.5, 0.6) is 0 Å². The Bertz CT molecular complexity index is 134. The van der Waals surface area contributed by atoms with Crippen LogP contribution in [-0.2, 0) is 0 Å². The fraction of sp³-hybridized carbons (Fsp3) is 0.800. The molecule has 12 heavy (non-hydrogen) atoms. The maximum atomic E-state index is 8.65. The highest BCUT2D eigenvalue weighted by molar-refractivity contribution is 4.86. The first-order chi connectivity index (χ1) is 5.93. The zero-order valence-corrected chi connectivity index (χ0v) is 7.63. The van der Waals surface area contributed by atoms with E-state index in [0.717, 1.165) is 6.54 Å². The van der Waals surface area contributed by atoms with Crippen LogP contribution in [0.1, 0.15) is 32.1 Å². The lowest BCUT2D eigenvalue weighted by atomic mass is 10.0. The minimum absolute atomic E-state index is 0.256. The van der Waals surface area contributed by atoms with Crippen molar-refractivity contribution >= 4 is 0 Å². The van der Waals surface area contributed by atoms with Crippen molar-refractivity contribution < 1.29 is 5.11 Å². The van der Waals surface area contributed by atoms with Crippen molar-refractivity contribution in [1.29, 1.82) is 0 Å². The van der Waals surface area contributed by atoms with E-state index in [1.165, 1.54) is 32.1 Å². The number of aliphatic hydroxyl groups excluding tert-OH is 1. The van der Waals surface area contributed by atoms with Crippen molar-refractivity contribution in [3.8, 4) is 0 Å². The predicted molar refractivity (Wildman–Crippen MR) is 51.1 cm³/mol. The van der Waals surface area contributed by atoms with Crippen molar-refractivity contribution in [3.63, 3.8) is 0 Å². The first-order valence-electron chi connectivity index (χ1n) is 4.92. The zero-order valence-electron chi connectivity index (χ0n) is 7.63. The summed E-state index contributed by atoms with van der Waals surface area (Å²) in [6, 6.07) is 0.627. The Morgan fingerprint density at radius 2 is 2.08 bits per heavy atom. The second-order valence-electron chi connectivity index (χ2n) is 3.35. The van der Waals surface area contributed by atoms with Gasteiger partial charge < -0.3 is 10.4 Å². The van der Waals surface area contributed by atoms with Gasteiger partial charge in [0, 0.05) is 12.6 Å². The monoisotopic (exact) mass is 169 g/mol. The third kappa shape index (κ3) is 3.88. The molecule has 2 nitrogen and oxygen atoms in total. The summed E-state index contributed by atoms with van der Waals surface area (Å²) in [5.74, 6) is 0. The van der Waals surface area contributed by atoms with Gasteiger partial charge in [0.2, 0.25) is 0 Å². The largest absolute Gasteiger partial charge is 0.395 e. The zero-order chi connectivity index (χ0) is 8.65. The van der Waals surface area contributed by atoms with E-state index in [4.69, 9.17) is 5.11 Å². The highest BCUT2D eigenvalue weighted by Crippen LogP contribution is 2.11. The third-order valence-corrected chi connectivity index (χ3v) is 2.32. The summed E-state index contributed by atoms with van der Waals surface area (Å²) >= 11 is 0. The second kappa shape index (κ2) is 6.21. The van der Waals surface area contributed by atoms with E-state index in [9.17, 15) is 0 Å². The summed E-state index contributed by atoms with van der Waals surface area (Å²) in [7, 11) is 0. The molecule has 0 saturated carbocycles. The highest BCUT2D eigenvalue weighted by Gasteiger charge is 2.07. The van der Waals surface area contributed by atoms with Crippen LogP contribution in [0.3, 0.4) is 0 Å². The maximum Gasteiger partial charge on any atom is 0.0556 e. The van der Waals surface area contributed by atoms with Crippen LogP contribution >= 0.6 is 0 Å². The molecule has 0 aliphatic heterocycles. The van der Waals surface area contributed by atoms with Crippen molar-refractivity contribution in [3.05, 3.63) is 12.2 Å². The molecule has 0 amide bonds. The van der Waals surface area contributed by atoms with Gasteiger partial charge in [-0.2, -0.15) is 0 Å². The molecule has 70 valence electrons. The summed E-state index contributed by atoms with van der Waals surface area (Å²) in [6.07, 6.45) is 10.7. The topological polar surface area (TPSA) is 32.3 Å².